The average molecular weight is 349 g/mol. The van der Waals surface area contributed by atoms with Crippen LogP contribution in [0, 0.1) is 0 Å². The summed E-state index contributed by atoms with van der Waals surface area (Å²) in [7, 11) is 0. The van der Waals surface area contributed by atoms with Gasteiger partial charge < -0.3 is 10.2 Å². The molecule has 0 atom stereocenters. The van der Waals surface area contributed by atoms with E-state index < -0.39 is 11.7 Å². The lowest BCUT2D eigenvalue weighted by atomic mass is 10.2. The monoisotopic (exact) mass is 348 g/mol. The van der Waals surface area contributed by atoms with Gasteiger partial charge in [-0.25, -0.2) is 15.8 Å². The van der Waals surface area contributed by atoms with Crippen molar-refractivity contribution in [3.05, 3.63) is 40.6 Å². The fraction of sp³-hybridized carbons (Fsp3) is 0.0909. The number of hydrazine groups is 1. The smallest absolute Gasteiger partial charge is 0.416 e. The number of nitrogen functional groups attached to an aromatic ring is 1. The molecule has 0 bridgehead atoms. The highest BCUT2D eigenvalue weighted by Gasteiger charge is 2.30. The van der Waals surface area contributed by atoms with Crippen LogP contribution in [-0.4, -0.2) is 9.97 Å². The Bertz CT molecular complexity index is 604. The van der Waals surface area contributed by atoms with Crippen molar-refractivity contribution in [3.63, 3.8) is 0 Å². The zero-order valence-electron chi connectivity index (χ0n) is 9.78. The van der Waals surface area contributed by atoms with Crippen molar-refractivity contribution in [2.45, 2.75) is 6.18 Å². The van der Waals surface area contributed by atoms with E-state index in [2.05, 4.69) is 31.3 Å². The molecule has 2 rings (SSSR count). The molecule has 3 N–H and O–H groups in total. The summed E-state index contributed by atoms with van der Waals surface area (Å²) in [6, 6.07) is 4.25. The maximum absolute atomic E-state index is 12.4. The molecule has 106 valence electrons. The van der Waals surface area contributed by atoms with Crippen LogP contribution in [0.5, 0.6) is 11.6 Å². The van der Waals surface area contributed by atoms with E-state index >= 15 is 0 Å². The van der Waals surface area contributed by atoms with Crippen LogP contribution in [0.25, 0.3) is 0 Å². The standard InChI is InChI=1S/C11H8BrF3N4O/c12-8-9(19-16)17-5-18-10(8)20-7-3-1-6(2-4-7)11(13,14)15/h1-5H,16H2,(H,17,18,19). The molecule has 0 radical (unpaired) electrons. The van der Waals surface area contributed by atoms with E-state index in [1.807, 2.05) is 0 Å². The molecule has 0 spiro atoms. The molecule has 9 heteroatoms. The molecular weight excluding hydrogens is 341 g/mol. The van der Waals surface area contributed by atoms with Gasteiger partial charge in [-0.15, -0.1) is 0 Å². The van der Waals surface area contributed by atoms with Crippen LogP contribution in [0.2, 0.25) is 0 Å². The maximum Gasteiger partial charge on any atom is 0.416 e. The molecule has 0 amide bonds. The van der Waals surface area contributed by atoms with Gasteiger partial charge in [-0.1, -0.05) is 0 Å². The fourth-order valence-electron chi connectivity index (χ4n) is 1.35. The first-order valence-electron chi connectivity index (χ1n) is 5.24. The molecular formula is C11H8BrF3N4O. The zero-order chi connectivity index (χ0) is 14.8. The van der Waals surface area contributed by atoms with E-state index in [-0.39, 0.29) is 11.6 Å². The Balaban J connectivity index is 2.23. The minimum atomic E-state index is -4.38. The fourth-order valence-corrected chi connectivity index (χ4v) is 1.75. The predicted octanol–water partition coefficient (Wildman–Crippen LogP) is 3.34. The van der Waals surface area contributed by atoms with Gasteiger partial charge in [0, 0.05) is 0 Å². The van der Waals surface area contributed by atoms with E-state index in [9.17, 15) is 13.2 Å². The van der Waals surface area contributed by atoms with Crippen molar-refractivity contribution < 1.29 is 17.9 Å². The van der Waals surface area contributed by atoms with Crippen LogP contribution >= 0.6 is 15.9 Å². The minimum absolute atomic E-state index is 0.132. The van der Waals surface area contributed by atoms with Crippen LogP contribution in [0.3, 0.4) is 0 Å². The van der Waals surface area contributed by atoms with Gasteiger partial charge in [0.2, 0.25) is 5.88 Å². The number of ether oxygens (including phenoxy) is 1. The van der Waals surface area contributed by atoms with Crippen molar-refractivity contribution in [2.75, 3.05) is 5.43 Å². The molecule has 0 aliphatic heterocycles. The summed E-state index contributed by atoms with van der Waals surface area (Å²) in [5.74, 6) is 5.86. The lowest BCUT2D eigenvalue weighted by molar-refractivity contribution is -0.137. The molecule has 1 heterocycles. The zero-order valence-corrected chi connectivity index (χ0v) is 11.4. The van der Waals surface area contributed by atoms with Gasteiger partial charge in [-0.3, -0.25) is 0 Å². The van der Waals surface area contributed by atoms with E-state index in [1.54, 1.807) is 0 Å². The molecule has 5 nitrogen and oxygen atoms in total. The summed E-state index contributed by atoms with van der Waals surface area (Å²) in [4.78, 5) is 7.68. The van der Waals surface area contributed by atoms with E-state index in [1.165, 1.54) is 18.5 Å². The second-order valence-corrected chi connectivity index (χ2v) is 4.40. The van der Waals surface area contributed by atoms with Crippen LogP contribution in [0.15, 0.2) is 35.1 Å². The Morgan fingerprint density at radius 2 is 1.80 bits per heavy atom. The second-order valence-electron chi connectivity index (χ2n) is 3.61. The average Bonchev–Trinajstić information content (AvgIpc) is 2.41. The Morgan fingerprint density at radius 3 is 2.35 bits per heavy atom. The Labute approximate surface area is 120 Å². The van der Waals surface area contributed by atoms with Gasteiger partial charge in [-0.2, -0.15) is 13.2 Å². The van der Waals surface area contributed by atoms with Gasteiger partial charge in [0.25, 0.3) is 0 Å². The molecule has 0 fully saturated rings. The predicted molar refractivity (Wildman–Crippen MR) is 69.1 cm³/mol. The lowest BCUT2D eigenvalue weighted by Gasteiger charge is -2.10. The van der Waals surface area contributed by atoms with E-state index in [0.717, 1.165) is 12.1 Å². The van der Waals surface area contributed by atoms with Crippen molar-refractivity contribution in [3.8, 4) is 11.6 Å². The maximum atomic E-state index is 12.4. The first kappa shape index (κ1) is 14.5. The molecule has 0 aliphatic rings. The number of hydrogen-bond donors (Lipinski definition) is 2. The number of benzene rings is 1. The quantitative estimate of drug-likeness (QED) is 0.657. The van der Waals surface area contributed by atoms with Gasteiger partial charge in [0.05, 0.1) is 5.56 Å². The highest BCUT2D eigenvalue weighted by atomic mass is 79.9. The molecule has 1 aromatic carbocycles. The number of nitrogens with one attached hydrogen (secondary N) is 1. The number of halogens is 4. The van der Waals surface area contributed by atoms with Crippen LogP contribution in [0.4, 0.5) is 19.0 Å². The summed E-state index contributed by atoms with van der Waals surface area (Å²) < 4.78 is 43.0. The third kappa shape index (κ3) is 3.17. The van der Waals surface area contributed by atoms with E-state index in [0.29, 0.717) is 10.3 Å². The van der Waals surface area contributed by atoms with Gasteiger partial charge in [0.15, 0.2) is 5.82 Å². The molecule has 1 aromatic heterocycles. The minimum Gasteiger partial charge on any atom is -0.438 e. The lowest BCUT2D eigenvalue weighted by Crippen LogP contribution is -2.10. The molecule has 0 saturated heterocycles. The summed E-state index contributed by atoms with van der Waals surface area (Å²) in [5.41, 5.74) is 1.57. The second kappa shape index (κ2) is 5.63. The SMILES string of the molecule is NNc1ncnc(Oc2ccc(C(F)(F)F)cc2)c1Br. The molecule has 0 aliphatic carbocycles. The summed E-state index contributed by atoms with van der Waals surface area (Å²) in [5, 5.41) is 0. The number of rotatable bonds is 3. The molecule has 2 aromatic rings. The highest BCUT2D eigenvalue weighted by molar-refractivity contribution is 9.10. The first-order chi connectivity index (χ1) is 9.41. The van der Waals surface area contributed by atoms with Crippen LogP contribution in [0.1, 0.15) is 5.56 Å². The third-order valence-corrected chi connectivity index (χ3v) is 3.01. The van der Waals surface area contributed by atoms with Crippen molar-refractivity contribution in [1.82, 2.24) is 9.97 Å². The summed E-state index contributed by atoms with van der Waals surface area (Å²) in [6.45, 7) is 0. The number of aromatic nitrogens is 2. The normalized spacial score (nSPS) is 11.2. The summed E-state index contributed by atoms with van der Waals surface area (Å²) in [6.07, 6.45) is -3.18. The van der Waals surface area contributed by atoms with Gasteiger partial charge in [0.1, 0.15) is 16.5 Å². The first-order valence-corrected chi connectivity index (χ1v) is 6.03. The van der Waals surface area contributed by atoms with Crippen LogP contribution in [-0.2, 0) is 6.18 Å². The van der Waals surface area contributed by atoms with Crippen molar-refractivity contribution in [2.24, 2.45) is 5.84 Å². The number of hydrogen-bond acceptors (Lipinski definition) is 5. The molecule has 0 unspecified atom stereocenters. The van der Waals surface area contributed by atoms with Gasteiger partial charge in [-0.05, 0) is 40.2 Å². The summed E-state index contributed by atoms with van der Waals surface area (Å²) >= 11 is 3.17. The van der Waals surface area contributed by atoms with Crippen LogP contribution < -0.4 is 16.0 Å². The largest absolute Gasteiger partial charge is 0.438 e. The van der Waals surface area contributed by atoms with Gasteiger partial charge >= 0.3 is 6.18 Å². The van der Waals surface area contributed by atoms with Crippen molar-refractivity contribution in [1.29, 1.82) is 0 Å². The molecule has 0 saturated carbocycles. The number of alkyl halides is 3. The Kier molecular flexibility index (Phi) is 4.09. The number of nitrogens with zero attached hydrogens (tertiary/aromatic N) is 2. The molecule has 20 heavy (non-hydrogen) atoms. The Hall–Kier alpha value is -1.87. The Morgan fingerprint density at radius 1 is 1.15 bits per heavy atom. The third-order valence-electron chi connectivity index (χ3n) is 2.29. The topological polar surface area (TPSA) is 73.1 Å². The highest BCUT2D eigenvalue weighted by Crippen LogP contribution is 2.33. The number of anilines is 1. The van der Waals surface area contributed by atoms with E-state index in [4.69, 9.17) is 10.6 Å². The van der Waals surface area contributed by atoms with Crippen molar-refractivity contribution >= 4 is 21.7 Å². The number of nitrogens with two attached hydrogens (primary N) is 1.